The SMILES string of the molecule is O=[N+]([O-])c1ccc(C2=C[C@@H]3C[C@H]2C=C3c2ccc(C(F)(F)F)cc2)cc1. The molecule has 0 N–H and O–H groups in total. The summed E-state index contributed by atoms with van der Waals surface area (Å²) in [5, 5.41) is 10.8. The maximum absolute atomic E-state index is 12.7. The third-order valence-electron chi connectivity index (χ3n) is 5.03. The van der Waals surface area contributed by atoms with Gasteiger partial charge in [0.1, 0.15) is 0 Å². The van der Waals surface area contributed by atoms with E-state index in [1.807, 2.05) is 0 Å². The lowest BCUT2D eigenvalue weighted by Gasteiger charge is -2.15. The molecule has 2 bridgehead atoms. The quantitative estimate of drug-likeness (QED) is 0.520. The van der Waals surface area contributed by atoms with Crippen molar-refractivity contribution in [3.05, 3.63) is 87.5 Å². The molecular weight excluding hydrogens is 343 g/mol. The van der Waals surface area contributed by atoms with E-state index in [-0.39, 0.29) is 17.5 Å². The van der Waals surface area contributed by atoms with Crippen LogP contribution in [0.4, 0.5) is 18.9 Å². The fraction of sp³-hybridized carbons (Fsp3) is 0.200. The van der Waals surface area contributed by atoms with Gasteiger partial charge in [-0.25, -0.2) is 0 Å². The highest BCUT2D eigenvalue weighted by molar-refractivity contribution is 5.84. The highest BCUT2D eigenvalue weighted by Gasteiger charge is 2.35. The van der Waals surface area contributed by atoms with Gasteiger partial charge in [0.15, 0.2) is 0 Å². The first kappa shape index (κ1) is 16.6. The van der Waals surface area contributed by atoms with Crippen molar-refractivity contribution in [2.75, 3.05) is 0 Å². The fourth-order valence-electron chi connectivity index (χ4n) is 3.77. The van der Waals surface area contributed by atoms with E-state index in [2.05, 4.69) is 12.2 Å². The largest absolute Gasteiger partial charge is 0.416 e. The maximum Gasteiger partial charge on any atom is 0.416 e. The van der Waals surface area contributed by atoms with E-state index < -0.39 is 16.7 Å². The molecule has 2 aliphatic carbocycles. The zero-order valence-electron chi connectivity index (χ0n) is 13.5. The van der Waals surface area contributed by atoms with Gasteiger partial charge < -0.3 is 0 Å². The summed E-state index contributed by atoms with van der Waals surface area (Å²) in [5.74, 6) is 0.362. The van der Waals surface area contributed by atoms with Gasteiger partial charge in [0.25, 0.3) is 5.69 Å². The summed E-state index contributed by atoms with van der Waals surface area (Å²) >= 11 is 0. The molecule has 0 unspecified atom stereocenters. The number of benzene rings is 2. The van der Waals surface area contributed by atoms with Gasteiger partial charge in [0.05, 0.1) is 10.5 Å². The van der Waals surface area contributed by atoms with E-state index in [4.69, 9.17) is 0 Å². The monoisotopic (exact) mass is 357 g/mol. The van der Waals surface area contributed by atoms with Gasteiger partial charge in [-0.15, -0.1) is 0 Å². The molecule has 0 aliphatic heterocycles. The predicted molar refractivity (Wildman–Crippen MR) is 92.1 cm³/mol. The van der Waals surface area contributed by atoms with Crippen molar-refractivity contribution in [1.29, 1.82) is 0 Å². The van der Waals surface area contributed by atoms with Crippen LogP contribution in [0, 0.1) is 22.0 Å². The lowest BCUT2D eigenvalue weighted by atomic mass is 9.90. The zero-order chi connectivity index (χ0) is 18.5. The minimum absolute atomic E-state index is 0.0542. The van der Waals surface area contributed by atoms with E-state index >= 15 is 0 Å². The van der Waals surface area contributed by atoms with Crippen LogP contribution in [0.3, 0.4) is 0 Å². The highest BCUT2D eigenvalue weighted by Crippen LogP contribution is 2.50. The van der Waals surface area contributed by atoms with Crippen molar-refractivity contribution in [3.63, 3.8) is 0 Å². The second-order valence-corrected chi connectivity index (χ2v) is 6.57. The van der Waals surface area contributed by atoms with Gasteiger partial charge >= 0.3 is 6.18 Å². The van der Waals surface area contributed by atoms with Crippen molar-refractivity contribution >= 4 is 16.8 Å². The molecule has 0 spiro atoms. The molecule has 0 saturated heterocycles. The molecule has 0 amide bonds. The van der Waals surface area contributed by atoms with Crippen LogP contribution in [0.1, 0.15) is 23.1 Å². The van der Waals surface area contributed by atoms with Crippen LogP contribution in [-0.4, -0.2) is 4.92 Å². The number of rotatable bonds is 3. The lowest BCUT2D eigenvalue weighted by Crippen LogP contribution is -2.04. The number of nitrogens with zero attached hydrogens (tertiary/aromatic N) is 1. The van der Waals surface area contributed by atoms with Crippen LogP contribution < -0.4 is 0 Å². The number of alkyl halides is 3. The number of allylic oxidation sites excluding steroid dienone is 4. The Balaban J connectivity index is 1.55. The Morgan fingerprint density at radius 1 is 0.846 bits per heavy atom. The van der Waals surface area contributed by atoms with Crippen LogP contribution >= 0.6 is 0 Å². The first-order valence-electron chi connectivity index (χ1n) is 8.19. The molecule has 0 radical (unpaired) electrons. The molecule has 4 rings (SSSR count). The van der Waals surface area contributed by atoms with Crippen molar-refractivity contribution in [3.8, 4) is 0 Å². The van der Waals surface area contributed by atoms with E-state index in [1.54, 1.807) is 12.1 Å². The molecule has 0 aromatic heterocycles. The summed E-state index contributed by atoms with van der Waals surface area (Å²) in [7, 11) is 0. The minimum atomic E-state index is -4.33. The summed E-state index contributed by atoms with van der Waals surface area (Å²) in [6, 6.07) is 11.7. The number of nitro groups is 1. The molecule has 132 valence electrons. The van der Waals surface area contributed by atoms with Gasteiger partial charge in [-0.3, -0.25) is 10.1 Å². The summed E-state index contributed by atoms with van der Waals surface area (Å²) in [5.41, 5.74) is 3.34. The average Bonchev–Trinajstić information content (AvgIpc) is 3.22. The topological polar surface area (TPSA) is 43.1 Å². The Hall–Kier alpha value is -2.89. The molecule has 0 saturated carbocycles. The van der Waals surface area contributed by atoms with Gasteiger partial charge in [-0.05, 0) is 53.0 Å². The van der Waals surface area contributed by atoms with Gasteiger partial charge in [-0.2, -0.15) is 13.2 Å². The molecule has 2 aliphatic rings. The zero-order valence-corrected chi connectivity index (χ0v) is 13.5. The summed E-state index contributed by atoms with van der Waals surface area (Å²) in [6.07, 6.45) is 0.788. The smallest absolute Gasteiger partial charge is 0.258 e. The second kappa shape index (κ2) is 5.83. The van der Waals surface area contributed by atoms with Crippen LogP contribution in [0.15, 0.2) is 60.7 Å². The summed E-state index contributed by atoms with van der Waals surface area (Å²) < 4.78 is 38.1. The molecule has 0 heterocycles. The third-order valence-corrected chi connectivity index (χ3v) is 5.03. The number of hydrogen-bond donors (Lipinski definition) is 0. The molecule has 2 aromatic rings. The van der Waals surface area contributed by atoms with Crippen LogP contribution in [-0.2, 0) is 6.18 Å². The van der Waals surface area contributed by atoms with Gasteiger partial charge in [0.2, 0.25) is 0 Å². The number of nitro benzene ring substituents is 1. The summed E-state index contributed by atoms with van der Waals surface area (Å²) in [6.45, 7) is 0. The van der Waals surface area contributed by atoms with Crippen molar-refractivity contribution in [2.45, 2.75) is 12.6 Å². The average molecular weight is 357 g/mol. The van der Waals surface area contributed by atoms with E-state index in [1.165, 1.54) is 24.3 Å². The van der Waals surface area contributed by atoms with Crippen LogP contribution in [0.25, 0.3) is 11.1 Å². The summed E-state index contributed by atoms with van der Waals surface area (Å²) in [4.78, 5) is 10.3. The standard InChI is InChI=1S/C20H14F3NO2/c21-20(22,23)16-5-1-12(2-6-16)18-10-15-9-14(18)11-19(15)13-3-7-17(8-4-13)24(25)26/h1-8,10-11,14-15H,9H2/t14-,15-/m0/s1. The first-order valence-corrected chi connectivity index (χ1v) is 8.19. The Labute approximate surface area is 147 Å². The molecule has 26 heavy (non-hydrogen) atoms. The van der Waals surface area contributed by atoms with E-state index in [0.717, 1.165) is 40.8 Å². The van der Waals surface area contributed by atoms with Gasteiger partial charge in [-0.1, -0.05) is 24.3 Å². The van der Waals surface area contributed by atoms with Crippen LogP contribution in [0.2, 0.25) is 0 Å². The second-order valence-electron chi connectivity index (χ2n) is 6.57. The Morgan fingerprint density at radius 3 is 1.69 bits per heavy atom. The van der Waals surface area contributed by atoms with Gasteiger partial charge in [0, 0.05) is 24.0 Å². The molecule has 0 fully saturated rings. The predicted octanol–water partition coefficient (Wildman–Crippen LogP) is 5.73. The maximum atomic E-state index is 12.7. The van der Waals surface area contributed by atoms with E-state index in [9.17, 15) is 23.3 Å². The van der Waals surface area contributed by atoms with Crippen LogP contribution in [0.5, 0.6) is 0 Å². The first-order chi connectivity index (χ1) is 12.3. The number of fused-ring (bicyclic) bond motifs is 2. The Kier molecular flexibility index (Phi) is 3.72. The number of halogens is 3. The molecule has 6 heteroatoms. The number of non-ortho nitro benzene ring substituents is 1. The van der Waals surface area contributed by atoms with Crippen molar-refractivity contribution in [1.82, 2.24) is 0 Å². The van der Waals surface area contributed by atoms with E-state index in [0.29, 0.717) is 0 Å². The lowest BCUT2D eigenvalue weighted by molar-refractivity contribution is -0.384. The van der Waals surface area contributed by atoms with Crippen molar-refractivity contribution < 1.29 is 18.1 Å². The molecule has 2 aromatic carbocycles. The Morgan fingerprint density at radius 2 is 1.31 bits per heavy atom. The third kappa shape index (κ3) is 2.81. The number of hydrogen-bond acceptors (Lipinski definition) is 2. The highest BCUT2D eigenvalue weighted by atomic mass is 19.4. The van der Waals surface area contributed by atoms with Crippen molar-refractivity contribution in [2.24, 2.45) is 11.8 Å². The molecule has 3 nitrogen and oxygen atoms in total. The molecular formula is C20H14F3NO2. The molecule has 2 atom stereocenters. The normalized spacial score (nSPS) is 21.5. The Bertz CT molecular complexity index is 925. The minimum Gasteiger partial charge on any atom is -0.258 e. The fourth-order valence-corrected chi connectivity index (χ4v) is 3.77.